The van der Waals surface area contributed by atoms with Crippen molar-refractivity contribution in [2.24, 2.45) is 5.92 Å². The van der Waals surface area contributed by atoms with Crippen LogP contribution in [0.1, 0.15) is 48.5 Å². The fourth-order valence-corrected chi connectivity index (χ4v) is 4.09. The molecule has 1 fully saturated rings. The monoisotopic (exact) mass is 393 g/mol. The molecular formula is C23H24FN3O2. The van der Waals surface area contributed by atoms with Crippen molar-refractivity contribution >= 4 is 16.9 Å². The van der Waals surface area contributed by atoms with Crippen molar-refractivity contribution in [3.8, 4) is 0 Å². The van der Waals surface area contributed by atoms with E-state index in [0.29, 0.717) is 22.5 Å². The van der Waals surface area contributed by atoms with Gasteiger partial charge in [0.2, 0.25) is 0 Å². The van der Waals surface area contributed by atoms with Gasteiger partial charge in [0.05, 0.1) is 6.54 Å². The van der Waals surface area contributed by atoms with E-state index in [1.54, 1.807) is 42.6 Å². The van der Waals surface area contributed by atoms with Gasteiger partial charge >= 0.3 is 0 Å². The highest BCUT2D eigenvalue weighted by atomic mass is 19.1. The predicted octanol–water partition coefficient (Wildman–Crippen LogP) is 3.89. The van der Waals surface area contributed by atoms with E-state index in [4.69, 9.17) is 0 Å². The molecule has 1 aliphatic rings. The number of fused-ring (bicyclic) bond motifs is 1. The molecule has 0 aliphatic heterocycles. The van der Waals surface area contributed by atoms with Crippen molar-refractivity contribution in [1.29, 1.82) is 0 Å². The number of benzene rings is 1. The highest BCUT2D eigenvalue weighted by molar-refractivity contribution is 5.97. The normalized spacial score (nSPS) is 19.2. The predicted molar refractivity (Wildman–Crippen MR) is 110 cm³/mol. The standard InChI is InChI=1S/C23H24FN3O2/c1-15-7-2-5-11-20(15)26-22(28)18-13-16-9-6-12-25-21(16)27(23(18)29)14-17-8-3-4-10-19(17)24/h3-4,6,8-10,12-13,15,20H,2,5,7,11,14H2,1H3,(H,26,28)/t15-,20-/m1/s1. The number of amides is 1. The van der Waals surface area contributed by atoms with Crippen LogP contribution in [0.25, 0.3) is 11.0 Å². The van der Waals surface area contributed by atoms with E-state index >= 15 is 0 Å². The zero-order chi connectivity index (χ0) is 20.4. The molecule has 1 aliphatic carbocycles. The van der Waals surface area contributed by atoms with Crippen LogP contribution >= 0.6 is 0 Å². The number of hydrogen-bond donors (Lipinski definition) is 1. The number of nitrogens with one attached hydrogen (secondary N) is 1. The summed E-state index contributed by atoms with van der Waals surface area (Å²) < 4.78 is 15.6. The van der Waals surface area contributed by atoms with Crippen LogP contribution in [0.4, 0.5) is 4.39 Å². The second-order valence-corrected chi connectivity index (χ2v) is 7.80. The van der Waals surface area contributed by atoms with Crippen molar-refractivity contribution in [2.75, 3.05) is 0 Å². The minimum atomic E-state index is -0.458. The van der Waals surface area contributed by atoms with Crippen LogP contribution in [-0.4, -0.2) is 21.5 Å². The Kier molecular flexibility index (Phi) is 5.43. The van der Waals surface area contributed by atoms with Crippen molar-refractivity contribution < 1.29 is 9.18 Å². The third-order valence-corrected chi connectivity index (χ3v) is 5.81. The average Bonchev–Trinajstić information content (AvgIpc) is 2.73. The fraction of sp³-hybridized carbons (Fsp3) is 0.348. The summed E-state index contributed by atoms with van der Waals surface area (Å²) in [5, 5.41) is 3.72. The van der Waals surface area contributed by atoms with Crippen LogP contribution in [0, 0.1) is 11.7 Å². The van der Waals surface area contributed by atoms with Gasteiger partial charge in [-0.1, -0.05) is 38.0 Å². The maximum Gasteiger partial charge on any atom is 0.265 e. The molecule has 0 saturated heterocycles. The number of carbonyl (C=O) groups excluding carboxylic acids is 1. The molecule has 0 unspecified atom stereocenters. The molecule has 1 aromatic carbocycles. The summed E-state index contributed by atoms with van der Waals surface area (Å²) in [6, 6.07) is 11.5. The number of pyridine rings is 2. The number of rotatable bonds is 4. The first-order valence-electron chi connectivity index (χ1n) is 10.1. The zero-order valence-corrected chi connectivity index (χ0v) is 16.4. The average molecular weight is 393 g/mol. The minimum absolute atomic E-state index is 0.0139. The van der Waals surface area contributed by atoms with Crippen molar-refractivity contribution in [2.45, 2.75) is 45.2 Å². The van der Waals surface area contributed by atoms with E-state index in [-0.39, 0.29) is 24.1 Å². The zero-order valence-electron chi connectivity index (χ0n) is 16.4. The molecule has 1 N–H and O–H groups in total. The quantitative estimate of drug-likeness (QED) is 0.731. The van der Waals surface area contributed by atoms with Crippen molar-refractivity contribution in [3.05, 3.63) is 76.0 Å². The van der Waals surface area contributed by atoms with Gasteiger partial charge in [-0.15, -0.1) is 0 Å². The Hall–Kier alpha value is -3.02. The van der Waals surface area contributed by atoms with E-state index < -0.39 is 11.4 Å². The molecule has 5 nitrogen and oxygen atoms in total. The molecule has 4 rings (SSSR count). The smallest absolute Gasteiger partial charge is 0.265 e. The van der Waals surface area contributed by atoms with Gasteiger partial charge in [0.1, 0.15) is 17.0 Å². The highest BCUT2D eigenvalue weighted by Crippen LogP contribution is 2.24. The van der Waals surface area contributed by atoms with E-state index in [1.807, 2.05) is 0 Å². The molecular weight excluding hydrogens is 369 g/mol. The Labute approximate surface area is 168 Å². The Bertz CT molecular complexity index is 1110. The molecule has 1 saturated carbocycles. The van der Waals surface area contributed by atoms with Crippen LogP contribution in [0.2, 0.25) is 0 Å². The number of carbonyl (C=O) groups is 1. The second-order valence-electron chi connectivity index (χ2n) is 7.80. The van der Waals surface area contributed by atoms with E-state index in [1.165, 1.54) is 17.1 Å². The summed E-state index contributed by atoms with van der Waals surface area (Å²) in [4.78, 5) is 30.5. The SMILES string of the molecule is C[C@@H]1CCCC[C@H]1NC(=O)c1cc2cccnc2n(Cc2ccccc2F)c1=O. The fourth-order valence-electron chi connectivity index (χ4n) is 4.09. The topological polar surface area (TPSA) is 64.0 Å². The molecule has 2 aromatic heterocycles. The first-order valence-corrected chi connectivity index (χ1v) is 10.1. The Balaban J connectivity index is 1.75. The largest absolute Gasteiger partial charge is 0.349 e. The maximum absolute atomic E-state index is 14.2. The van der Waals surface area contributed by atoms with Crippen LogP contribution in [0.15, 0.2) is 53.5 Å². The number of aromatic nitrogens is 2. The van der Waals surface area contributed by atoms with Gasteiger partial charge in [0, 0.05) is 23.2 Å². The van der Waals surface area contributed by atoms with Crippen molar-refractivity contribution in [1.82, 2.24) is 14.9 Å². The third kappa shape index (κ3) is 3.92. The van der Waals surface area contributed by atoms with Gasteiger partial charge < -0.3 is 5.32 Å². The molecule has 1 amide bonds. The van der Waals surface area contributed by atoms with Crippen LogP contribution in [0.5, 0.6) is 0 Å². The van der Waals surface area contributed by atoms with E-state index in [0.717, 1.165) is 19.3 Å². The molecule has 0 bridgehead atoms. The summed E-state index contributed by atoms with van der Waals surface area (Å²) in [5.41, 5.74) is 0.420. The summed E-state index contributed by atoms with van der Waals surface area (Å²) >= 11 is 0. The van der Waals surface area contributed by atoms with Gasteiger partial charge in [0.15, 0.2) is 0 Å². The van der Waals surface area contributed by atoms with Gasteiger partial charge in [-0.25, -0.2) is 9.37 Å². The number of hydrogen-bond acceptors (Lipinski definition) is 3. The molecule has 2 atom stereocenters. The summed E-state index contributed by atoms with van der Waals surface area (Å²) in [7, 11) is 0. The lowest BCUT2D eigenvalue weighted by Gasteiger charge is -2.29. The molecule has 150 valence electrons. The van der Waals surface area contributed by atoms with Crippen LogP contribution < -0.4 is 10.9 Å². The summed E-state index contributed by atoms with van der Waals surface area (Å²) in [6.07, 6.45) is 5.83. The summed E-state index contributed by atoms with van der Waals surface area (Å²) in [6.45, 7) is 2.14. The lowest BCUT2D eigenvalue weighted by Crippen LogP contribution is -2.43. The molecule has 2 heterocycles. The van der Waals surface area contributed by atoms with Crippen LogP contribution in [0.3, 0.4) is 0 Å². The Morgan fingerprint density at radius 1 is 1.21 bits per heavy atom. The van der Waals surface area contributed by atoms with Gasteiger partial charge in [0.25, 0.3) is 11.5 Å². The highest BCUT2D eigenvalue weighted by Gasteiger charge is 2.25. The van der Waals surface area contributed by atoms with Gasteiger partial charge in [-0.05, 0) is 43.0 Å². The lowest BCUT2D eigenvalue weighted by atomic mass is 9.86. The van der Waals surface area contributed by atoms with Crippen molar-refractivity contribution in [3.63, 3.8) is 0 Å². The second kappa shape index (κ2) is 8.15. The Morgan fingerprint density at radius 3 is 2.79 bits per heavy atom. The molecule has 0 radical (unpaired) electrons. The van der Waals surface area contributed by atoms with E-state index in [2.05, 4.69) is 17.2 Å². The first-order chi connectivity index (χ1) is 14.0. The molecule has 29 heavy (non-hydrogen) atoms. The van der Waals surface area contributed by atoms with Gasteiger partial charge in [-0.3, -0.25) is 14.2 Å². The first kappa shape index (κ1) is 19.3. The Morgan fingerprint density at radius 2 is 2.00 bits per heavy atom. The minimum Gasteiger partial charge on any atom is -0.349 e. The van der Waals surface area contributed by atoms with E-state index in [9.17, 15) is 14.0 Å². The molecule has 6 heteroatoms. The summed E-state index contributed by atoms with van der Waals surface area (Å²) in [5.74, 6) is -0.383. The molecule has 0 spiro atoms. The maximum atomic E-state index is 14.2. The molecule has 3 aromatic rings. The number of nitrogens with zero attached hydrogens (tertiary/aromatic N) is 2. The lowest BCUT2D eigenvalue weighted by molar-refractivity contribution is 0.0908. The van der Waals surface area contributed by atoms with Crippen LogP contribution in [-0.2, 0) is 6.54 Å². The third-order valence-electron chi connectivity index (χ3n) is 5.81. The van der Waals surface area contributed by atoms with Gasteiger partial charge in [-0.2, -0.15) is 0 Å². The number of halogens is 1.